The van der Waals surface area contributed by atoms with E-state index >= 15 is 0 Å². The number of nitrogens with two attached hydrogens (primary N) is 1. The Labute approximate surface area is 109 Å². The third kappa shape index (κ3) is 6.59. The van der Waals surface area contributed by atoms with Gasteiger partial charge in [-0.15, -0.1) is 0 Å². The Balaban J connectivity index is 4.22. The smallest absolute Gasteiger partial charge is 0.326 e. The molecular formula is C13H26N2O3. The zero-order valence-corrected chi connectivity index (χ0v) is 11.8. The minimum atomic E-state index is -0.987. The average Bonchev–Trinajstić information content (AvgIpc) is 2.22. The fourth-order valence-corrected chi connectivity index (χ4v) is 1.73. The molecule has 0 radical (unpaired) electrons. The highest BCUT2D eigenvalue weighted by Crippen LogP contribution is 2.25. The van der Waals surface area contributed by atoms with Gasteiger partial charge in [0.05, 0.1) is 0 Å². The first-order chi connectivity index (χ1) is 8.19. The van der Waals surface area contributed by atoms with Crippen molar-refractivity contribution in [3.05, 3.63) is 0 Å². The molecule has 4 N–H and O–H groups in total. The molecule has 0 aliphatic carbocycles. The van der Waals surface area contributed by atoms with Gasteiger partial charge in [-0.05, 0) is 30.7 Å². The van der Waals surface area contributed by atoms with Crippen molar-refractivity contribution < 1.29 is 14.7 Å². The fraction of sp³-hybridized carbons (Fsp3) is 0.846. The van der Waals surface area contributed by atoms with Crippen LogP contribution >= 0.6 is 0 Å². The summed E-state index contributed by atoms with van der Waals surface area (Å²) in [5.41, 5.74) is 5.52. The monoisotopic (exact) mass is 258 g/mol. The molecule has 0 aromatic heterocycles. The molecule has 0 saturated heterocycles. The van der Waals surface area contributed by atoms with Crippen LogP contribution in [0.25, 0.3) is 0 Å². The Hall–Kier alpha value is -1.10. The number of hydrogen-bond acceptors (Lipinski definition) is 3. The molecule has 1 amide bonds. The van der Waals surface area contributed by atoms with E-state index in [1.54, 1.807) is 13.8 Å². The van der Waals surface area contributed by atoms with Gasteiger partial charge in [0.25, 0.3) is 0 Å². The van der Waals surface area contributed by atoms with Gasteiger partial charge in [0, 0.05) is 6.42 Å². The number of carbonyl (C=O) groups is 2. The number of amides is 1. The normalized spacial score (nSPS) is 13.4. The molecule has 0 aromatic rings. The molecular weight excluding hydrogens is 232 g/mol. The second kappa shape index (κ2) is 7.36. The van der Waals surface area contributed by atoms with E-state index in [1.165, 1.54) is 0 Å². The number of hydrogen-bond donors (Lipinski definition) is 3. The zero-order valence-electron chi connectivity index (χ0n) is 11.8. The summed E-state index contributed by atoms with van der Waals surface area (Å²) in [5, 5.41) is 11.5. The van der Waals surface area contributed by atoms with Crippen LogP contribution in [-0.4, -0.2) is 29.6 Å². The third-order valence-corrected chi connectivity index (χ3v) is 3.10. The van der Waals surface area contributed by atoms with Crippen LogP contribution < -0.4 is 11.1 Å². The summed E-state index contributed by atoms with van der Waals surface area (Å²) in [4.78, 5) is 22.7. The molecule has 0 aliphatic heterocycles. The van der Waals surface area contributed by atoms with Gasteiger partial charge >= 0.3 is 5.97 Å². The summed E-state index contributed by atoms with van der Waals surface area (Å²) in [6, 6.07) is -0.810. The van der Waals surface area contributed by atoms with E-state index in [4.69, 9.17) is 10.8 Å². The molecule has 5 heteroatoms. The van der Waals surface area contributed by atoms with Gasteiger partial charge in [0.15, 0.2) is 0 Å². The van der Waals surface area contributed by atoms with Crippen molar-refractivity contribution in [2.45, 2.75) is 53.0 Å². The Morgan fingerprint density at radius 3 is 2.22 bits per heavy atom. The van der Waals surface area contributed by atoms with Crippen molar-refractivity contribution in [1.82, 2.24) is 5.32 Å². The number of carboxylic acids is 1. The second-order valence-corrected chi connectivity index (χ2v) is 5.83. The molecule has 0 heterocycles. The molecule has 0 bridgehead atoms. The van der Waals surface area contributed by atoms with Gasteiger partial charge in [0.1, 0.15) is 6.04 Å². The highest BCUT2D eigenvalue weighted by molar-refractivity contribution is 5.83. The molecule has 0 spiro atoms. The summed E-state index contributed by atoms with van der Waals surface area (Å²) in [7, 11) is 0. The minimum Gasteiger partial charge on any atom is -0.480 e. The van der Waals surface area contributed by atoms with Crippen LogP contribution in [0.1, 0.15) is 47.0 Å². The van der Waals surface area contributed by atoms with Crippen molar-refractivity contribution in [2.75, 3.05) is 6.54 Å². The van der Waals surface area contributed by atoms with Crippen LogP contribution in [0.2, 0.25) is 0 Å². The van der Waals surface area contributed by atoms with Crippen LogP contribution in [0.5, 0.6) is 0 Å². The molecule has 0 rings (SSSR count). The molecule has 0 fully saturated rings. The van der Waals surface area contributed by atoms with Crippen molar-refractivity contribution in [2.24, 2.45) is 17.1 Å². The van der Waals surface area contributed by atoms with Crippen molar-refractivity contribution in [3.8, 4) is 0 Å². The molecule has 1 atom stereocenters. The van der Waals surface area contributed by atoms with Gasteiger partial charge in [0.2, 0.25) is 5.91 Å². The highest BCUT2D eigenvalue weighted by Gasteiger charge is 2.24. The van der Waals surface area contributed by atoms with E-state index < -0.39 is 12.0 Å². The lowest BCUT2D eigenvalue weighted by molar-refractivity contribution is -0.143. The van der Waals surface area contributed by atoms with Crippen LogP contribution in [0.3, 0.4) is 0 Å². The first kappa shape index (κ1) is 16.9. The number of aliphatic carboxylic acids is 1. The van der Waals surface area contributed by atoms with Gasteiger partial charge in [-0.25, -0.2) is 4.79 Å². The van der Waals surface area contributed by atoms with Gasteiger partial charge in [-0.2, -0.15) is 0 Å². The predicted octanol–water partition coefficient (Wildman–Crippen LogP) is 1.37. The second-order valence-electron chi connectivity index (χ2n) is 5.83. The number of carboxylic acid groups (broad SMARTS) is 1. The van der Waals surface area contributed by atoms with E-state index in [1.807, 2.05) is 0 Å². The Morgan fingerprint density at radius 2 is 1.83 bits per heavy atom. The number of rotatable bonds is 8. The lowest BCUT2D eigenvalue weighted by atomic mass is 9.84. The maximum absolute atomic E-state index is 11.7. The van der Waals surface area contributed by atoms with Crippen LogP contribution in [0.4, 0.5) is 0 Å². The van der Waals surface area contributed by atoms with E-state index in [2.05, 4.69) is 19.2 Å². The largest absolute Gasteiger partial charge is 0.480 e. The lowest BCUT2D eigenvalue weighted by Gasteiger charge is -2.24. The quantitative estimate of drug-likeness (QED) is 0.613. The van der Waals surface area contributed by atoms with E-state index in [0.717, 1.165) is 6.42 Å². The molecule has 5 nitrogen and oxygen atoms in total. The van der Waals surface area contributed by atoms with Crippen molar-refractivity contribution in [3.63, 3.8) is 0 Å². The van der Waals surface area contributed by atoms with Gasteiger partial charge < -0.3 is 16.2 Å². The van der Waals surface area contributed by atoms with Gasteiger partial charge in [-0.1, -0.05) is 27.7 Å². The fourth-order valence-electron chi connectivity index (χ4n) is 1.73. The van der Waals surface area contributed by atoms with E-state index in [9.17, 15) is 9.59 Å². The number of nitrogens with one attached hydrogen (secondary N) is 1. The van der Waals surface area contributed by atoms with Crippen molar-refractivity contribution >= 4 is 11.9 Å². The molecule has 1 unspecified atom stereocenters. The third-order valence-electron chi connectivity index (χ3n) is 3.10. The first-order valence-corrected chi connectivity index (χ1v) is 6.42. The SMILES string of the molecule is CC(C)C(NC(=O)CCC(C)(C)CCN)C(=O)O. The summed E-state index contributed by atoms with van der Waals surface area (Å²) < 4.78 is 0. The van der Waals surface area contributed by atoms with Crippen LogP contribution in [0, 0.1) is 11.3 Å². The average molecular weight is 258 g/mol. The maximum atomic E-state index is 11.7. The maximum Gasteiger partial charge on any atom is 0.326 e. The molecule has 0 aromatic carbocycles. The summed E-state index contributed by atoms with van der Waals surface area (Å²) in [6.07, 6.45) is 1.90. The molecule has 0 saturated carbocycles. The highest BCUT2D eigenvalue weighted by atomic mass is 16.4. The molecule has 106 valence electrons. The topological polar surface area (TPSA) is 92.4 Å². The van der Waals surface area contributed by atoms with Crippen LogP contribution in [-0.2, 0) is 9.59 Å². The molecule has 0 aliphatic rings. The first-order valence-electron chi connectivity index (χ1n) is 6.42. The lowest BCUT2D eigenvalue weighted by Crippen LogP contribution is -2.44. The predicted molar refractivity (Wildman–Crippen MR) is 71.1 cm³/mol. The summed E-state index contributed by atoms with van der Waals surface area (Å²) in [5.74, 6) is -1.32. The minimum absolute atomic E-state index is 0.0165. The van der Waals surface area contributed by atoms with E-state index in [-0.39, 0.29) is 17.2 Å². The van der Waals surface area contributed by atoms with E-state index in [0.29, 0.717) is 19.4 Å². The summed E-state index contributed by atoms with van der Waals surface area (Å²) >= 11 is 0. The van der Waals surface area contributed by atoms with Crippen LogP contribution in [0.15, 0.2) is 0 Å². The Morgan fingerprint density at radius 1 is 1.28 bits per heavy atom. The Bertz CT molecular complexity index is 288. The van der Waals surface area contributed by atoms with Gasteiger partial charge in [-0.3, -0.25) is 4.79 Å². The standard InChI is InChI=1S/C13H26N2O3/c1-9(2)11(12(17)18)15-10(16)5-6-13(3,4)7-8-14/h9,11H,5-8,14H2,1-4H3,(H,15,16)(H,17,18). The summed E-state index contributed by atoms with van der Waals surface area (Å²) in [6.45, 7) is 8.27. The van der Waals surface area contributed by atoms with Crippen molar-refractivity contribution in [1.29, 1.82) is 0 Å². The number of carbonyl (C=O) groups excluding carboxylic acids is 1. The zero-order chi connectivity index (χ0) is 14.3. The Kier molecular flexibility index (Phi) is 6.91. The molecule has 18 heavy (non-hydrogen) atoms.